The summed E-state index contributed by atoms with van der Waals surface area (Å²) in [5.74, 6) is 0.880. The standard InChI is InChI=1S/C15H27N3O2/c1-5-17-15(4,14(19)20-6-2)9-7-8-11-18-12-10-16-13(18)3/h10,12,17H,5-9,11H2,1-4H3. The summed E-state index contributed by atoms with van der Waals surface area (Å²) >= 11 is 0. The van der Waals surface area contributed by atoms with Gasteiger partial charge in [0, 0.05) is 18.9 Å². The third-order valence-corrected chi connectivity index (χ3v) is 3.54. The molecule has 0 aliphatic carbocycles. The molecule has 114 valence electrons. The van der Waals surface area contributed by atoms with Crippen LogP contribution in [0.5, 0.6) is 0 Å². The van der Waals surface area contributed by atoms with Gasteiger partial charge in [-0.2, -0.15) is 0 Å². The molecule has 0 saturated heterocycles. The van der Waals surface area contributed by atoms with Crippen LogP contribution < -0.4 is 5.32 Å². The first kappa shape index (κ1) is 16.7. The van der Waals surface area contributed by atoms with E-state index in [9.17, 15) is 4.79 Å². The molecule has 0 saturated carbocycles. The molecular weight excluding hydrogens is 254 g/mol. The molecule has 0 aliphatic heterocycles. The van der Waals surface area contributed by atoms with Gasteiger partial charge in [-0.25, -0.2) is 4.98 Å². The zero-order chi connectivity index (χ0) is 15.0. The van der Waals surface area contributed by atoms with Gasteiger partial charge < -0.3 is 14.6 Å². The number of aromatic nitrogens is 2. The maximum atomic E-state index is 12.0. The molecule has 1 heterocycles. The molecule has 1 N–H and O–H groups in total. The Labute approximate surface area is 121 Å². The van der Waals surface area contributed by atoms with Gasteiger partial charge in [0.05, 0.1) is 6.61 Å². The van der Waals surface area contributed by atoms with Crippen LogP contribution >= 0.6 is 0 Å². The molecule has 1 unspecified atom stereocenters. The molecule has 0 radical (unpaired) electrons. The van der Waals surface area contributed by atoms with Crippen molar-refractivity contribution in [3.63, 3.8) is 0 Å². The Kier molecular flexibility index (Phi) is 6.71. The highest BCUT2D eigenvalue weighted by atomic mass is 16.5. The molecule has 0 spiro atoms. The summed E-state index contributed by atoms with van der Waals surface area (Å²) < 4.78 is 7.30. The number of imidazole rings is 1. The highest BCUT2D eigenvalue weighted by Gasteiger charge is 2.32. The second-order valence-corrected chi connectivity index (χ2v) is 5.21. The number of aryl methyl sites for hydroxylation is 2. The topological polar surface area (TPSA) is 56.2 Å². The molecule has 20 heavy (non-hydrogen) atoms. The number of rotatable bonds is 9. The third-order valence-electron chi connectivity index (χ3n) is 3.54. The van der Waals surface area contributed by atoms with E-state index in [-0.39, 0.29) is 5.97 Å². The van der Waals surface area contributed by atoms with Crippen LogP contribution in [-0.2, 0) is 16.1 Å². The van der Waals surface area contributed by atoms with Crippen LogP contribution in [0, 0.1) is 6.92 Å². The minimum atomic E-state index is -0.575. The monoisotopic (exact) mass is 281 g/mol. The Hall–Kier alpha value is -1.36. The van der Waals surface area contributed by atoms with Gasteiger partial charge in [-0.05, 0) is 46.6 Å². The lowest BCUT2D eigenvalue weighted by molar-refractivity contribution is -0.150. The number of esters is 1. The molecule has 1 aromatic rings. The third kappa shape index (κ3) is 4.63. The first-order valence-corrected chi connectivity index (χ1v) is 7.43. The van der Waals surface area contributed by atoms with Crippen molar-refractivity contribution in [2.45, 2.75) is 59.0 Å². The number of unbranched alkanes of at least 4 members (excludes halogenated alkanes) is 1. The highest BCUT2D eigenvalue weighted by Crippen LogP contribution is 2.16. The van der Waals surface area contributed by atoms with Crippen molar-refractivity contribution in [2.24, 2.45) is 0 Å². The fraction of sp³-hybridized carbons (Fsp3) is 0.733. The molecule has 5 heteroatoms. The Balaban J connectivity index is 2.42. The van der Waals surface area contributed by atoms with Crippen LogP contribution in [0.1, 0.15) is 45.9 Å². The van der Waals surface area contributed by atoms with E-state index in [1.54, 1.807) is 0 Å². The van der Waals surface area contributed by atoms with Gasteiger partial charge in [0.2, 0.25) is 0 Å². The van der Waals surface area contributed by atoms with Crippen molar-refractivity contribution in [3.05, 3.63) is 18.2 Å². The van der Waals surface area contributed by atoms with Crippen LogP contribution in [-0.4, -0.2) is 34.2 Å². The molecule has 0 aromatic carbocycles. The summed E-state index contributed by atoms with van der Waals surface area (Å²) in [5.41, 5.74) is -0.575. The second kappa shape index (κ2) is 8.04. The predicted molar refractivity (Wildman–Crippen MR) is 79.5 cm³/mol. The maximum absolute atomic E-state index is 12.0. The zero-order valence-electron chi connectivity index (χ0n) is 13.1. The molecule has 0 aliphatic rings. The Morgan fingerprint density at radius 3 is 2.75 bits per heavy atom. The Bertz CT molecular complexity index is 417. The maximum Gasteiger partial charge on any atom is 0.326 e. The minimum Gasteiger partial charge on any atom is -0.465 e. The van der Waals surface area contributed by atoms with Crippen molar-refractivity contribution in [3.8, 4) is 0 Å². The normalized spacial score (nSPS) is 14.0. The van der Waals surface area contributed by atoms with Crippen LogP contribution in [0.25, 0.3) is 0 Å². The first-order valence-electron chi connectivity index (χ1n) is 7.43. The summed E-state index contributed by atoms with van der Waals surface area (Å²) in [6, 6.07) is 0. The molecule has 1 aromatic heterocycles. The predicted octanol–water partition coefficient (Wildman–Crippen LogP) is 2.29. The average molecular weight is 281 g/mol. The van der Waals surface area contributed by atoms with E-state index >= 15 is 0 Å². The quantitative estimate of drug-likeness (QED) is 0.557. The Morgan fingerprint density at radius 2 is 2.20 bits per heavy atom. The number of likely N-dealkylation sites (N-methyl/N-ethyl adjacent to an activating group) is 1. The smallest absolute Gasteiger partial charge is 0.326 e. The summed E-state index contributed by atoms with van der Waals surface area (Å²) in [6.45, 7) is 9.90. The highest BCUT2D eigenvalue weighted by molar-refractivity contribution is 5.80. The summed E-state index contributed by atoms with van der Waals surface area (Å²) in [6.07, 6.45) is 6.59. The molecule has 0 amide bonds. The van der Waals surface area contributed by atoms with Crippen LogP contribution in [0.3, 0.4) is 0 Å². The number of hydrogen-bond donors (Lipinski definition) is 1. The van der Waals surface area contributed by atoms with Crippen molar-refractivity contribution in [1.82, 2.24) is 14.9 Å². The minimum absolute atomic E-state index is 0.152. The fourth-order valence-corrected chi connectivity index (χ4v) is 2.34. The van der Waals surface area contributed by atoms with Crippen LogP contribution in [0.15, 0.2) is 12.4 Å². The lowest BCUT2D eigenvalue weighted by Crippen LogP contribution is -2.50. The molecule has 0 fully saturated rings. The van der Waals surface area contributed by atoms with E-state index in [2.05, 4.69) is 14.9 Å². The first-order chi connectivity index (χ1) is 9.53. The van der Waals surface area contributed by atoms with Gasteiger partial charge in [0.15, 0.2) is 0 Å². The number of nitrogens with zero attached hydrogens (tertiary/aromatic N) is 2. The van der Waals surface area contributed by atoms with Gasteiger partial charge >= 0.3 is 5.97 Å². The molecule has 5 nitrogen and oxygen atoms in total. The number of nitrogens with one attached hydrogen (secondary N) is 1. The molecule has 1 rings (SSSR count). The van der Waals surface area contributed by atoms with Gasteiger partial charge in [-0.15, -0.1) is 0 Å². The lowest BCUT2D eigenvalue weighted by Gasteiger charge is -2.28. The SMILES string of the molecule is CCNC(C)(CCCCn1ccnc1C)C(=O)OCC. The number of hydrogen-bond acceptors (Lipinski definition) is 4. The summed E-state index contributed by atoms with van der Waals surface area (Å²) in [5, 5.41) is 3.25. The molecule has 0 bridgehead atoms. The zero-order valence-corrected chi connectivity index (χ0v) is 13.1. The number of ether oxygens (including phenoxy) is 1. The van der Waals surface area contributed by atoms with Crippen LogP contribution in [0.4, 0.5) is 0 Å². The van der Waals surface area contributed by atoms with Crippen molar-refractivity contribution >= 4 is 5.97 Å². The molecule has 1 atom stereocenters. The number of carbonyl (C=O) groups is 1. The summed E-state index contributed by atoms with van der Waals surface area (Å²) in [7, 11) is 0. The van der Waals surface area contributed by atoms with E-state index in [0.717, 1.165) is 38.2 Å². The number of carbonyl (C=O) groups excluding carboxylic acids is 1. The van der Waals surface area contributed by atoms with E-state index in [1.165, 1.54) is 0 Å². The van der Waals surface area contributed by atoms with Gasteiger partial charge in [-0.1, -0.05) is 6.92 Å². The van der Waals surface area contributed by atoms with E-state index in [0.29, 0.717) is 6.61 Å². The van der Waals surface area contributed by atoms with Crippen molar-refractivity contribution < 1.29 is 9.53 Å². The van der Waals surface area contributed by atoms with Crippen molar-refractivity contribution in [1.29, 1.82) is 0 Å². The van der Waals surface area contributed by atoms with E-state index in [1.807, 2.05) is 40.1 Å². The van der Waals surface area contributed by atoms with Crippen molar-refractivity contribution in [2.75, 3.05) is 13.2 Å². The van der Waals surface area contributed by atoms with Gasteiger partial charge in [0.1, 0.15) is 11.4 Å². The Morgan fingerprint density at radius 1 is 1.45 bits per heavy atom. The second-order valence-electron chi connectivity index (χ2n) is 5.21. The largest absolute Gasteiger partial charge is 0.465 e. The summed E-state index contributed by atoms with van der Waals surface area (Å²) in [4.78, 5) is 16.2. The van der Waals surface area contributed by atoms with Gasteiger partial charge in [-0.3, -0.25) is 4.79 Å². The lowest BCUT2D eigenvalue weighted by atomic mass is 9.94. The fourth-order valence-electron chi connectivity index (χ4n) is 2.34. The average Bonchev–Trinajstić information content (AvgIpc) is 2.81. The van der Waals surface area contributed by atoms with E-state index in [4.69, 9.17) is 4.74 Å². The van der Waals surface area contributed by atoms with Crippen LogP contribution in [0.2, 0.25) is 0 Å². The van der Waals surface area contributed by atoms with E-state index < -0.39 is 5.54 Å². The van der Waals surface area contributed by atoms with Gasteiger partial charge in [0.25, 0.3) is 0 Å². The molecular formula is C15H27N3O2.